The van der Waals surface area contributed by atoms with Crippen LogP contribution >= 0.6 is 11.8 Å². The molecular formula is C26H26N4O2S. The molecule has 0 aliphatic carbocycles. The second-order valence-corrected chi connectivity index (χ2v) is 8.92. The van der Waals surface area contributed by atoms with Gasteiger partial charge in [-0.2, -0.15) is 0 Å². The number of benzene rings is 2. The first-order chi connectivity index (χ1) is 16.0. The summed E-state index contributed by atoms with van der Waals surface area (Å²) >= 11 is 1.42. The SMILES string of the molecule is Cc1cc(C)cc(-n2ccnc2SCC(=O)NCc2ccc(Cn3ccccc3=O)cc2)c1. The molecule has 0 aliphatic heterocycles. The maximum Gasteiger partial charge on any atom is 0.250 e. The highest BCUT2D eigenvalue weighted by Crippen LogP contribution is 2.22. The van der Waals surface area contributed by atoms with Gasteiger partial charge in [-0.1, -0.05) is 48.2 Å². The summed E-state index contributed by atoms with van der Waals surface area (Å²) in [5.41, 5.74) is 5.44. The van der Waals surface area contributed by atoms with E-state index in [2.05, 4.69) is 42.3 Å². The molecule has 4 rings (SSSR count). The van der Waals surface area contributed by atoms with Gasteiger partial charge in [0.2, 0.25) is 5.91 Å². The molecule has 1 amide bonds. The van der Waals surface area contributed by atoms with E-state index in [4.69, 9.17) is 0 Å². The predicted octanol–water partition coefficient (Wildman–Crippen LogP) is 4.11. The molecule has 0 fully saturated rings. The third kappa shape index (κ3) is 6.02. The summed E-state index contributed by atoms with van der Waals surface area (Å²) in [5, 5.41) is 3.75. The molecule has 6 nitrogen and oxygen atoms in total. The Morgan fingerprint density at radius 1 is 0.970 bits per heavy atom. The van der Waals surface area contributed by atoms with E-state index in [1.54, 1.807) is 29.1 Å². The Kier molecular flexibility index (Phi) is 7.10. The van der Waals surface area contributed by atoms with Crippen molar-refractivity contribution in [1.29, 1.82) is 0 Å². The van der Waals surface area contributed by atoms with Crippen molar-refractivity contribution in [2.24, 2.45) is 0 Å². The molecule has 33 heavy (non-hydrogen) atoms. The van der Waals surface area contributed by atoms with E-state index in [0.29, 0.717) is 13.1 Å². The minimum Gasteiger partial charge on any atom is -0.351 e. The zero-order valence-corrected chi connectivity index (χ0v) is 19.5. The Morgan fingerprint density at radius 2 is 1.70 bits per heavy atom. The molecule has 0 aliphatic rings. The van der Waals surface area contributed by atoms with Crippen LogP contribution in [0.4, 0.5) is 0 Å². The van der Waals surface area contributed by atoms with Gasteiger partial charge in [-0.15, -0.1) is 0 Å². The van der Waals surface area contributed by atoms with E-state index >= 15 is 0 Å². The van der Waals surface area contributed by atoms with E-state index in [1.807, 2.05) is 41.1 Å². The van der Waals surface area contributed by atoms with Crippen molar-refractivity contribution in [1.82, 2.24) is 19.4 Å². The lowest BCUT2D eigenvalue weighted by Gasteiger charge is -2.10. The maximum absolute atomic E-state index is 12.4. The quantitative estimate of drug-likeness (QED) is 0.404. The number of nitrogens with one attached hydrogen (secondary N) is 1. The Labute approximate surface area is 197 Å². The normalized spacial score (nSPS) is 10.8. The second-order valence-electron chi connectivity index (χ2n) is 7.97. The van der Waals surface area contributed by atoms with Crippen molar-refractivity contribution in [2.75, 3.05) is 5.75 Å². The molecular weight excluding hydrogens is 432 g/mol. The fraction of sp³-hybridized carbons (Fsp3) is 0.192. The largest absolute Gasteiger partial charge is 0.351 e. The summed E-state index contributed by atoms with van der Waals surface area (Å²) in [6.07, 6.45) is 5.45. The average Bonchev–Trinajstić information content (AvgIpc) is 3.27. The number of carbonyl (C=O) groups is 1. The maximum atomic E-state index is 12.4. The van der Waals surface area contributed by atoms with Gasteiger partial charge in [0.25, 0.3) is 5.56 Å². The Morgan fingerprint density at radius 3 is 2.42 bits per heavy atom. The topological polar surface area (TPSA) is 68.9 Å². The lowest BCUT2D eigenvalue weighted by molar-refractivity contribution is -0.118. The molecule has 2 aromatic heterocycles. The molecule has 0 spiro atoms. The van der Waals surface area contributed by atoms with E-state index in [9.17, 15) is 9.59 Å². The van der Waals surface area contributed by atoms with Gasteiger partial charge in [0.05, 0.1) is 12.3 Å². The van der Waals surface area contributed by atoms with Crippen molar-refractivity contribution in [3.8, 4) is 5.69 Å². The molecule has 4 aromatic rings. The lowest BCUT2D eigenvalue weighted by Crippen LogP contribution is -2.24. The summed E-state index contributed by atoms with van der Waals surface area (Å²) < 4.78 is 3.67. The molecule has 0 atom stereocenters. The van der Waals surface area contributed by atoms with Crippen molar-refractivity contribution in [2.45, 2.75) is 32.1 Å². The third-order valence-corrected chi connectivity index (χ3v) is 6.16. The van der Waals surface area contributed by atoms with Crippen LogP contribution in [-0.2, 0) is 17.9 Å². The minimum atomic E-state index is -0.0464. The highest BCUT2D eigenvalue weighted by atomic mass is 32.2. The summed E-state index contributed by atoms with van der Waals surface area (Å²) in [6.45, 7) is 5.12. The summed E-state index contributed by atoms with van der Waals surface area (Å²) in [4.78, 5) is 28.7. The van der Waals surface area contributed by atoms with Crippen LogP contribution in [0.5, 0.6) is 0 Å². The number of carbonyl (C=O) groups excluding carboxylic acids is 1. The average molecular weight is 459 g/mol. The van der Waals surface area contributed by atoms with E-state index in [0.717, 1.165) is 22.0 Å². The fourth-order valence-electron chi connectivity index (χ4n) is 3.62. The van der Waals surface area contributed by atoms with Crippen LogP contribution in [0.15, 0.2) is 89.2 Å². The highest BCUT2D eigenvalue weighted by Gasteiger charge is 2.10. The van der Waals surface area contributed by atoms with Crippen molar-refractivity contribution in [3.63, 3.8) is 0 Å². The van der Waals surface area contributed by atoms with Gasteiger partial charge in [-0.3, -0.25) is 14.2 Å². The standard InChI is InChI=1S/C26H26N4O2S/c1-19-13-20(2)15-23(14-19)30-12-10-27-26(30)33-18-24(31)28-16-21-6-8-22(9-7-21)17-29-11-4-3-5-25(29)32/h3-15H,16-18H2,1-2H3,(H,28,31). The van der Waals surface area contributed by atoms with E-state index < -0.39 is 0 Å². The smallest absolute Gasteiger partial charge is 0.250 e. The van der Waals surface area contributed by atoms with Crippen molar-refractivity contribution in [3.05, 3.63) is 112 Å². The third-order valence-electron chi connectivity index (χ3n) is 5.19. The number of nitrogens with zero attached hydrogens (tertiary/aromatic N) is 3. The fourth-order valence-corrected chi connectivity index (χ4v) is 4.42. The van der Waals surface area contributed by atoms with Gasteiger partial charge in [0.1, 0.15) is 0 Å². The molecule has 0 saturated carbocycles. The van der Waals surface area contributed by atoms with Gasteiger partial charge < -0.3 is 9.88 Å². The van der Waals surface area contributed by atoms with Crippen LogP contribution in [-0.4, -0.2) is 25.8 Å². The number of imidazole rings is 1. The van der Waals surface area contributed by atoms with Gasteiger partial charge in [-0.05, 0) is 54.3 Å². The van der Waals surface area contributed by atoms with Gasteiger partial charge in [0, 0.05) is 36.9 Å². The number of pyridine rings is 1. The zero-order valence-electron chi connectivity index (χ0n) is 18.7. The molecule has 0 bridgehead atoms. The lowest BCUT2D eigenvalue weighted by atomic mass is 10.1. The van der Waals surface area contributed by atoms with Crippen LogP contribution in [0.1, 0.15) is 22.3 Å². The minimum absolute atomic E-state index is 0.0236. The molecule has 0 unspecified atom stereocenters. The van der Waals surface area contributed by atoms with Crippen molar-refractivity contribution >= 4 is 17.7 Å². The number of rotatable bonds is 8. The Bertz CT molecular complexity index is 1290. The van der Waals surface area contributed by atoms with E-state index in [-0.39, 0.29) is 17.2 Å². The first kappa shape index (κ1) is 22.6. The van der Waals surface area contributed by atoms with Crippen LogP contribution in [0.3, 0.4) is 0 Å². The highest BCUT2D eigenvalue weighted by molar-refractivity contribution is 7.99. The Balaban J connectivity index is 1.29. The van der Waals surface area contributed by atoms with Crippen LogP contribution in [0.25, 0.3) is 5.69 Å². The molecule has 1 N–H and O–H groups in total. The second kappa shape index (κ2) is 10.4. The van der Waals surface area contributed by atoms with Crippen LogP contribution in [0, 0.1) is 13.8 Å². The zero-order chi connectivity index (χ0) is 23.2. The number of thioether (sulfide) groups is 1. The molecule has 0 saturated heterocycles. The van der Waals surface area contributed by atoms with Gasteiger partial charge in [-0.25, -0.2) is 4.98 Å². The van der Waals surface area contributed by atoms with Crippen LogP contribution in [0.2, 0.25) is 0 Å². The predicted molar refractivity (Wildman–Crippen MR) is 132 cm³/mol. The molecule has 2 aromatic carbocycles. The summed E-state index contributed by atoms with van der Waals surface area (Å²) in [5.74, 6) is 0.242. The summed E-state index contributed by atoms with van der Waals surface area (Å²) in [6, 6.07) is 19.4. The number of hydrogen-bond acceptors (Lipinski definition) is 4. The number of aromatic nitrogens is 3. The number of amides is 1. The molecule has 168 valence electrons. The van der Waals surface area contributed by atoms with Gasteiger partial charge in [0.15, 0.2) is 5.16 Å². The monoisotopic (exact) mass is 458 g/mol. The van der Waals surface area contributed by atoms with Crippen molar-refractivity contribution < 1.29 is 4.79 Å². The molecule has 7 heteroatoms. The molecule has 2 heterocycles. The summed E-state index contributed by atoms with van der Waals surface area (Å²) in [7, 11) is 0. The van der Waals surface area contributed by atoms with E-state index in [1.165, 1.54) is 22.9 Å². The number of aryl methyl sites for hydroxylation is 2. The first-order valence-corrected chi connectivity index (χ1v) is 11.7. The number of hydrogen-bond donors (Lipinski definition) is 1. The Hall–Kier alpha value is -3.58. The van der Waals surface area contributed by atoms with Crippen LogP contribution < -0.4 is 10.9 Å². The molecule has 0 radical (unpaired) electrons. The first-order valence-electron chi connectivity index (χ1n) is 10.7. The van der Waals surface area contributed by atoms with Gasteiger partial charge >= 0.3 is 0 Å².